The molecule has 4 rings (SSSR count). The van der Waals surface area contributed by atoms with Gasteiger partial charge in [0.05, 0.1) is 23.8 Å². The highest BCUT2D eigenvalue weighted by Crippen LogP contribution is 2.39. The molecule has 4 N–H and O–H groups in total. The minimum atomic E-state index is -0.488. The van der Waals surface area contributed by atoms with Crippen molar-refractivity contribution in [2.24, 2.45) is 10.7 Å². The number of rotatable bonds is 8. The summed E-state index contributed by atoms with van der Waals surface area (Å²) in [6.45, 7) is 3.94. The molecule has 0 fully saturated rings. The summed E-state index contributed by atoms with van der Waals surface area (Å²) in [6, 6.07) is 27.5. The van der Waals surface area contributed by atoms with Crippen molar-refractivity contribution in [1.29, 1.82) is 0 Å². The van der Waals surface area contributed by atoms with Crippen LogP contribution in [0.2, 0.25) is 0 Å². The van der Waals surface area contributed by atoms with Gasteiger partial charge in [-0.05, 0) is 55.8 Å². The van der Waals surface area contributed by atoms with Gasteiger partial charge in [0.25, 0.3) is 0 Å². The van der Waals surface area contributed by atoms with Crippen LogP contribution >= 0.6 is 0 Å². The Balaban J connectivity index is 1.89. The van der Waals surface area contributed by atoms with Gasteiger partial charge in [-0.3, -0.25) is 0 Å². The number of nitrogens with two attached hydrogens (primary N) is 1. The van der Waals surface area contributed by atoms with Crippen molar-refractivity contribution < 1.29 is 9.53 Å². The number of aliphatic imine (C=N–C) groups is 1. The number of anilines is 2. The number of carbonyl (C=O) groups excluding carboxylic acids is 1. The molecule has 7 heteroatoms. The van der Waals surface area contributed by atoms with E-state index < -0.39 is 5.92 Å². The molecule has 0 spiro atoms. The molecule has 0 aromatic heterocycles. The van der Waals surface area contributed by atoms with Crippen molar-refractivity contribution in [3.05, 3.63) is 113 Å². The van der Waals surface area contributed by atoms with E-state index in [-0.39, 0.29) is 12.6 Å². The molecule has 1 aliphatic rings. The maximum absolute atomic E-state index is 13.2. The molecule has 0 radical (unpaired) electrons. The second kappa shape index (κ2) is 11.5. The van der Waals surface area contributed by atoms with Crippen LogP contribution < -0.4 is 21.3 Å². The van der Waals surface area contributed by atoms with E-state index in [1.54, 1.807) is 6.92 Å². The Labute approximate surface area is 218 Å². The Morgan fingerprint density at radius 1 is 0.973 bits per heavy atom. The first-order valence-corrected chi connectivity index (χ1v) is 12.3. The number of dihydropyridines is 1. The summed E-state index contributed by atoms with van der Waals surface area (Å²) < 4.78 is 5.47. The first kappa shape index (κ1) is 25.6. The van der Waals surface area contributed by atoms with Gasteiger partial charge in [0.1, 0.15) is 11.7 Å². The van der Waals surface area contributed by atoms with Crippen molar-refractivity contribution >= 4 is 28.9 Å². The van der Waals surface area contributed by atoms with Crippen LogP contribution in [0.25, 0.3) is 0 Å². The van der Waals surface area contributed by atoms with E-state index >= 15 is 0 Å². The summed E-state index contributed by atoms with van der Waals surface area (Å²) in [4.78, 5) is 20.0. The lowest BCUT2D eigenvalue weighted by atomic mass is 9.80. The zero-order chi connectivity index (χ0) is 26.4. The van der Waals surface area contributed by atoms with E-state index in [1.807, 2.05) is 111 Å². The molecule has 3 aromatic carbocycles. The van der Waals surface area contributed by atoms with Gasteiger partial charge in [-0.15, -0.1) is 0 Å². The Kier molecular flexibility index (Phi) is 7.93. The Morgan fingerprint density at radius 3 is 2.19 bits per heavy atom. The molecule has 0 saturated heterocycles. The minimum Gasteiger partial charge on any atom is -0.463 e. The smallest absolute Gasteiger partial charge is 0.336 e. The minimum absolute atomic E-state index is 0.271. The monoisotopic (exact) mass is 495 g/mol. The highest BCUT2D eigenvalue weighted by atomic mass is 16.5. The topological polar surface area (TPSA) is 92.0 Å². The number of esters is 1. The fraction of sp³-hybridized carbons (Fsp3) is 0.200. The second-order valence-corrected chi connectivity index (χ2v) is 8.92. The van der Waals surface area contributed by atoms with Crippen molar-refractivity contribution in [3.63, 3.8) is 0 Å². The number of benzene rings is 3. The number of nitrogens with one attached hydrogen (secondary N) is 2. The number of ether oxygens (including phenoxy) is 1. The van der Waals surface area contributed by atoms with Crippen molar-refractivity contribution in [3.8, 4) is 0 Å². The van der Waals surface area contributed by atoms with E-state index in [0.29, 0.717) is 34.2 Å². The quantitative estimate of drug-likeness (QED) is 0.223. The fourth-order valence-corrected chi connectivity index (χ4v) is 4.35. The van der Waals surface area contributed by atoms with E-state index in [2.05, 4.69) is 10.6 Å². The van der Waals surface area contributed by atoms with E-state index in [4.69, 9.17) is 15.5 Å². The van der Waals surface area contributed by atoms with Gasteiger partial charge in [0, 0.05) is 36.7 Å². The van der Waals surface area contributed by atoms with Gasteiger partial charge in [-0.25, -0.2) is 9.79 Å². The predicted octanol–water partition coefficient (Wildman–Crippen LogP) is 5.29. The Morgan fingerprint density at radius 2 is 1.59 bits per heavy atom. The third-order valence-electron chi connectivity index (χ3n) is 6.13. The zero-order valence-corrected chi connectivity index (χ0v) is 21.7. The van der Waals surface area contributed by atoms with Crippen LogP contribution in [0, 0.1) is 0 Å². The number of amidine groups is 1. The molecule has 1 atom stereocenters. The Bertz CT molecular complexity index is 1330. The van der Waals surface area contributed by atoms with Crippen molar-refractivity contribution in [1.82, 2.24) is 5.32 Å². The molecule has 1 aliphatic heterocycles. The lowest BCUT2D eigenvalue weighted by Gasteiger charge is -2.32. The molecule has 1 unspecified atom stereocenters. The summed E-state index contributed by atoms with van der Waals surface area (Å²) in [5.74, 6) is 0.0849. The van der Waals surface area contributed by atoms with Gasteiger partial charge < -0.3 is 26.0 Å². The van der Waals surface area contributed by atoms with Crippen LogP contribution in [0.3, 0.4) is 0 Å². The molecule has 0 aliphatic carbocycles. The van der Waals surface area contributed by atoms with E-state index in [1.165, 1.54) is 0 Å². The van der Waals surface area contributed by atoms with Crippen LogP contribution in [-0.4, -0.2) is 32.5 Å². The van der Waals surface area contributed by atoms with Gasteiger partial charge in [0.2, 0.25) is 0 Å². The third-order valence-corrected chi connectivity index (χ3v) is 6.13. The van der Waals surface area contributed by atoms with Crippen molar-refractivity contribution in [2.45, 2.75) is 19.8 Å². The molecule has 0 saturated carbocycles. The number of hydrogen-bond acceptors (Lipinski definition) is 6. The average molecular weight is 496 g/mol. The van der Waals surface area contributed by atoms with Gasteiger partial charge in [-0.2, -0.15) is 0 Å². The van der Waals surface area contributed by atoms with Crippen LogP contribution in [-0.2, 0) is 9.53 Å². The van der Waals surface area contributed by atoms with E-state index in [0.717, 1.165) is 16.9 Å². The summed E-state index contributed by atoms with van der Waals surface area (Å²) in [5, 5.41) is 6.83. The van der Waals surface area contributed by atoms with Gasteiger partial charge in [-0.1, -0.05) is 48.5 Å². The van der Waals surface area contributed by atoms with E-state index in [9.17, 15) is 4.79 Å². The lowest BCUT2D eigenvalue weighted by Crippen LogP contribution is -2.37. The number of allylic oxidation sites excluding steroid dienone is 1. The first-order valence-electron chi connectivity index (χ1n) is 12.3. The molecule has 0 amide bonds. The summed E-state index contributed by atoms with van der Waals surface area (Å²) in [5.41, 5.74) is 12.2. The normalized spacial score (nSPS) is 15.8. The first-order chi connectivity index (χ1) is 17.9. The van der Waals surface area contributed by atoms with Gasteiger partial charge in [0.15, 0.2) is 0 Å². The fourth-order valence-electron chi connectivity index (χ4n) is 4.35. The largest absolute Gasteiger partial charge is 0.463 e. The van der Waals surface area contributed by atoms with Crippen LogP contribution in [0.15, 0.2) is 113 Å². The number of carbonyl (C=O) groups is 1. The van der Waals surface area contributed by atoms with Crippen LogP contribution in [0.5, 0.6) is 0 Å². The predicted molar refractivity (Wildman–Crippen MR) is 151 cm³/mol. The number of para-hydroxylation sites is 1. The molecule has 7 nitrogen and oxygen atoms in total. The average Bonchev–Trinajstić information content (AvgIpc) is 2.89. The number of nitrogens with zero attached hydrogens (tertiary/aromatic N) is 2. The standard InChI is InChI=1S/C30H33N5O2/c1-5-37-30(36)25-20(2)32-29(34-22-14-10-7-11-15-22)27(26(25)21-12-8-6-9-13-21)28(31)33-23-16-18-24(19-17-23)35(3)4/h6-19,26,32,34H,5H2,1-4H3,(H2,31,33). The molecule has 190 valence electrons. The molecule has 1 heterocycles. The van der Waals surface area contributed by atoms with Crippen molar-refractivity contribution in [2.75, 3.05) is 30.9 Å². The van der Waals surface area contributed by atoms with Crippen LogP contribution in [0.1, 0.15) is 25.3 Å². The maximum atomic E-state index is 13.2. The maximum Gasteiger partial charge on any atom is 0.336 e. The summed E-state index contributed by atoms with van der Waals surface area (Å²) in [7, 11) is 3.98. The van der Waals surface area contributed by atoms with Gasteiger partial charge >= 0.3 is 5.97 Å². The van der Waals surface area contributed by atoms with Crippen LogP contribution in [0.4, 0.5) is 17.1 Å². The second-order valence-electron chi connectivity index (χ2n) is 8.92. The molecular formula is C30H33N5O2. The summed E-state index contributed by atoms with van der Waals surface area (Å²) >= 11 is 0. The lowest BCUT2D eigenvalue weighted by molar-refractivity contribution is -0.138. The molecule has 3 aromatic rings. The SMILES string of the molecule is CCOC(=O)C1=C(C)NC(Nc2ccccc2)=C(C(N)=Nc2ccc(N(C)C)cc2)C1c1ccccc1. The molecular weight excluding hydrogens is 462 g/mol. The molecule has 37 heavy (non-hydrogen) atoms. The highest BCUT2D eigenvalue weighted by Gasteiger charge is 2.37. The summed E-state index contributed by atoms with van der Waals surface area (Å²) in [6.07, 6.45) is 0. The third kappa shape index (κ3) is 5.83. The Hall–Kier alpha value is -4.52. The molecule has 0 bridgehead atoms. The highest BCUT2D eigenvalue weighted by molar-refractivity contribution is 6.05. The zero-order valence-electron chi connectivity index (χ0n) is 21.7. The number of hydrogen-bond donors (Lipinski definition) is 3.